The van der Waals surface area contributed by atoms with Gasteiger partial charge in [-0.2, -0.15) is 0 Å². The van der Waals surface area contributed by atoms with Gasteiger partial charge in [0, 0.05) is 0 Å². The van der Waals surface area contributed by atoms with E-state index in [1.807, 2.05) is 12.1 Å². The molecule has 0 saturated carbocycles. The summed E-state index contributed by atoms with van der Waals surface area (Å²) in [5.41, 5.74) is 0. The van der Waals surface area contributed by atoms with Gasteiger partial charge in [-0.25, -0.2) is 0 Å². The number of hydrogen-bond donors (Lipinski definition) is 4. The Morgan fingerprint density at radius 1 is 0.818 bits per heavy atom. The number of benzene rings is 3. The van der Waals surface area contributed by atoms with Crippen LogP contribution in [0.25, 0.3) is 0 Å². The Bertz CT molecular complexity index is 1050. The maximum atomic E-state index is 11.4. The van der Waals surface area contributed by atoms with E-state index >= 15 is 0 Å². The second-order valence-corrected chi connectivity index (χ2v) is 12.8. The fraction of sp³-hybridized carbons (Fsp3) is 0.100. The fourth-order valence-corrected chi connectivity index (χ4v) is 9.75. The minimum atomic E-state index is -4.18. The van der Waals surface area contributed by atoms with Crippen LogP contribution >= 0.6 is 24.6 Å². The van der Waals surface area contributed by atoms with Crippen molar-refractivity contribution in [2.45, 2.75) is 6.29 Å². The first-order valence-corrected chi connectivity index (χ1v) is 14.3. The molecule has 1 aliphatic heterocycles. The number of nitrogens with one attached hydrogen (secondary N) is 1. The molecule has 13 heteroatoms. The first-order chi connectivity index (χ1) is 15.9. The zero-order chi connectivity index (χ0) is 23.2. The monoisotopic (exact) mass is 511 g/mol. The van der Waals surface area contributed by atoms with E-state index in [1.54, 1.807) is 78.9 Å². The van der Waals surface area contributed by atoms with Gasteiger partial charge in [-0.05, 0) is 0 Å². The maximum absolute atomic E-state index is 11.4. The summed E-state index contributed by atoms with van der Waals surface area (Å²) >= 11 is 0. The molecule has 4 rings (SSSR count). The van der Waals surface area contributed by atoms with Crippen molar-refractivity contribution in [2.24, 2.45) is 4.52 Å². The number of aliphatic hydroxyl groups excluding tert-OH is 1. The third kappa shape index (κ3) is 6.65. The van der Waals surface area contributed by atoms with Crippen LogP contribution in [-0.2, 0) is 4.84 Å². The summed E-state index contributed by atoms with van der Waals surface area (Å²) in [6.45, 7) is -0.327. The Balaban J connectivity index is 1.50. The van der Waals surface area contributed by atoms with Crippen molar-refractivity contribution in [3.63, 3.8) is 0 Å². The summed E-state index contributed by atoms with van der Waals surface area (Å²) in [6, 6.07) is 26.0. The normalized spacial score (nSPS) is 20.2. The van der Waals surface area contributed by atoms with E-state index in [9.17, 15) is 14.9 Å². The molecule has 0 amide bonds. The molecule has 0 spiro atoms. The van der Waals surface area contributed by atoms with E-state index in [0.717, 1.165) is 4.60 Å². The van der Waals surface area contributed by atoms with Gasteiger partial charge in [0.2, 0.25) is 0 Å². The molecule has 0 aromatic heterocycles. The average molecular weight is 511 g/mol. The van der Waals surface area contributed by atoms with E-state index in [1.165, 1.54) is 0 Å². The van der Waals surface area contributed by atoms with Crippen molar-refractivity contribution in [3.8, 4) is 17.2 Å². The summed E-state index contributed by atoms with van der Waals surface area (Å²) in [5.74, 6) is 1.19. The molecule has 10 nitrogen and oxygen atoms in total. The van der Waals surface area contributed by atoms with Crippen molar-refractivity contribution in [1.82, 2.24) is 9.46 Å². The van der Waals surface area contributed by atoms with Crippen LogP contribution in [-0.4, -0.2) is 32.4 Å². The van der Waals surface area contributed by atoms with E-state index in [2.05, 4.69) is 9.37 Å². The van der Waals surface area contributed by atoms with Gasteiger partial charge >= 0.3 is 193 Å². The summed E-state index contributed by atoms with van der Waals surface area (Å²) < 4.78 is 22.1. The van der Waals surface area contributed by atoms with Crippen LogP contribution in [0.1, 0.15) is 0 Å². The van der Waals surface area contributed by atoms with Crippen LogP contribution in [0.3, 0.4) is 0 Å². The molecule has 0 bridgehead atoms. The Kier molecular flexibility index (Phi) is 7.83. The van der Waals surface area contributed by atoms with Crippen molar-refractivity contribution >= 4 is 24.6 Å². The van der Waals surface area contributed by atoms with Crippen molar-refractivity contribution in [1.29, 1.82) is 0 Å². The van der Waals surface area contributed by atoms with Gasteiger partial charge < -0.3 is 0 Å². The summed E-state index contributed by atoms with van der Waals surface area (Å²) in [6.07, 6.45) is -1.32. The van der Waals surface area contributed by atoms with Crippen molar-refractivity contribution in [2.75, 3.05) is 6.61 Å². The topological polar surface area (TPSA) is 125 Å². The molecule has 3 aromatic carbocycles. The zero-order valence-electron chi connectivity index (χ0n) is 17.3. The van der Waals surface area contributed by atoms with Crippen LogP contribution in [0.4, 0.5) is 0 Å². The molecule has 0 saturated heterocycles. The molecule has 1 aliphatic rings. The van der Waals surface area contributed by atoms with Crippen molar-refractivity contribution in [3.05, 3.63) is 91.0 Å². The predicted octanol–water partition coefficient (Wildman–Crippen LogP) is 4.23. The summed E-state index contributed by atoms with van der Waals surface area (Å²) in [5, 5.41) is 10.2. The second kappa shape index (κ2) is 10.8. The van der Waals surface area contributed by atoms with Gasteiger partial charge in [-0.15, -0.1) is 0 Å². The van der Waals surface area contributed by atoms with Crippen LogP contribution in [0.5, 0.6) is 17.2 Å². The average Bonchev–Trinajstić information content (AvgIpc) is 2.80. The molecule has 33 heavy (non-hydrogen) atoms. The van der Waals surface area contributed by atoms with Gasteiger partial charge in [0.1, 0.15) is 0 Å². The Hall–Kier alpha value is -2.22. The van der Waals surface area contributed by atoms with Gasteiger partial charge in [0.15, 0.2) is 0 Å². The first kappa shape index (κ1) is 23.9. The molecule has 1 heterocycles. The van der Waals surface area contributed by atoms with E-state index in [4.69, 9.17) is 18.6 Å². The molecular formula is C20H24N3O7P3. The summed E-state index contributed by atoms with van der Waals surface area (Å²) in [4.78, 5) is 30.7. The van der Waals surface area contributed by atoms with Gasteiger partial charge in [-0.3, -0.25) is 0 Å². The van der Waals surface area contributed by atoms with Crippen LogP contribution in [0, 0.1) is 0 Å². The van der Waals surface area contributed by atoms with Crippen molar-refractivity contribution < 1.29 is 33.5 Å². The Morgan fingerprint density at radius 2 is 1.33 bits per heavy atom. The number of hydrogen-bond acceptors (Lipinski definition) is 10. The first-order valence-electron chi connectivity index (χ1n) is 9.92. The number of nitrogens with zero attached hydrogens (tertiary/aromatic N) is 2. The molecule has 1 unspecified atom stereocenters. The number of ether oxygens (including phenoxy) is 1. The molecule has 0 fully saturated rings. The third-order valence-electron chi connectivity index (χ3n) is 4.21. The SMILES string of the molecule is OC(CON1P=N[PH](O)(Oc2ccccc2)N[PH]1(O)Oc1ccccc1)Oc1ccccc1. The molecule has 4 N–H and O–H groups in total. The number of aliphatic hydroxyl groups is 1. The molecule has 1 atom stereocenters. The minimum absolute atomic E-state index is 0.0456. The quantitative estimate of drug-likeness (QED) is 0.247. The fourth-order valence-electron chi connectivity index (χ4n) is 2.80. The van der Waals surface area contributed by atoms with Gasteiger partial charge in [0.25, 0.3) is 0 Å². The Morgan fingerprint density at radius 3 is 1.91 bits per heavy atom. The molecule has 176 valence electrons. The van der Waals surface area contributed by atoms with Crippen LogP contribution in [0.2, 0.25) is 0 Å². The van der Waals surface area contributed by atoms with Crippen LogP contribution < -0.4 is 18.6 Å². The second-order valence-electron chi connectivity index (χ2n) is 6.82. The van der Waals surface area contributed by atoms with Gasteiger partial charge in [-0.1, -0.05) is 0 Å². The molecular weight excluding hydrogens is 487 g/mol. The van der Waals surface area contributed by atoms with E-state index < -0.39 is 22.3 Å². The molecule has 0 radical (unpaired) electrons. The Labute approximate surface area is 193 Å². The predicted molar refractivity (Wildman–Crippen MR) is 129 cm³/mol. The van der Waals surface area contributed by atoms with Crippen LogP contribution in [0.15, 0.2) is 95.5 Å². The number of rotatable bonds is 9. The third-order valence-corrected chi connectivity index (χ3v) is 11.3. The molecule has 3 aromatic rings. The zero-order valence-corrected chi connectivity index (χ0v) is 20.2. The van der Waals surface area contributed by atoms with E-state index in [-0.39, 0.29) is 15.1 Å². The van der Waals surface area contributed by atoms with Gasteiger partial charge in [0.05, 0.1) is 0 Å². The molecule has 0 aliphatic carbocycles. The van der Waals surface area contributed by atoms with E-state index in [0.29, 0.717) is 17.2 Å². The number of para-hydroxylation sites is 3. The summed E-state index contributed by atoms with van der Waals surface area (Å²) in [7, 11) is -8.13. The standard InChI is InChI=1S/C20H24N3O7P3/c24-20(28-17-10-4-1-5-11-17)16-27-23-31-21-32(25,29-18-12-6-2-7-13-18)22-33(23,26)30-19-14-8-3-9-15-19/h1-15,20,22,24-26,32-33H,16H2.